The Bertz CT molecular complexity index is 550. The molecule has 0 unspecified atom stereocenters. The summed E-state index contributed by atoms with van der Waals surface area (Å²) in [5, 5.41) is 8.90. The molecule has 2 rings (SSSR count). The number of carboxylic acid groups (broad SMARTS) is 1. The predicted molar refractivity (Wildman–Crippen MR) is 58.9 cm³/mol. The number of aliphatic carboxylic acids is 1. The lowest BCUT2D eigenvalue weighted by Gasteiger charge is -2.02. The van der Waals surface area contributed by atoms with Gasteiger partial charge in [-0.1, -0.05) is 0 Å². The van der Waals surface area contributed by atoms with Crippen molar-refractivity contribution in [2.24, 2.45) is 0 Å². The minimum Gasteiger partial charge on any atom is -0.497 e. The Hall–Kier alpha value is -1.75. The molecule has 5 nitrogen and oxygen atoms in total. The number of carbonyl (C=O) groups is 1. The number of aromatic nitrogens is 2. The van der Waals surface area contributed by atoms with Crippen molar-refractivity contribution in [2.75, 3.05) is 7.11 Å². The molecule has 6 heteroatoms. The molecule has 0 aliphatic rings. The van der Waals surface area contributed by atoms with Gasteiger partial charge in [-0.3, -0.25) is 4.79 Å². The van der Waals surface area contributed by atoms with E-state index in [-0.39, 0.29) is 11.8 Å². The zero-order valence-corrected chi connectivity index (χ0v) is 9.23. The number of carboxylic acids is 1. The second-order valence-electron chi connectivity index (χ2n) is 3.22. The third-order valence-electron chi connectivity index (χ3n) is 2.20. The highest BCUT2D eigenvalue weighted by atomic mass is 35.5. The lowest BCUT2D eigenvalue weighted by molar-refractivity contribution is -0.137. The molecular formula is C10H9ClN2O3. The fourth-order valence-corrected chi connectivity index (χ4v) is 1.73. The molecule has 1 heterocycles. The fourth-order valence-electron chi connectivity index (χ4n) is 1.49. The summed E-state index contributed by atoms with van der Waals surface area (Å²) in [6.07, 6.45) is 0. The summed E-state index contributed by atoms with van der Waals surface area (Å²) >= 11 is 5.85. The van der Waals surface area contributed by atoms with Gasteiger partial charge in [0.2, 0.25) is 5.28 Å². The molecule has 0 bridgehead atoms. The molecule has 1 aromatic heterocycles. The second-order valence-corrected chi connectivity index (χ2v) is 3.55. The molecule has 0 radical (unpaired) electrons. The van der Waals surface area contributed by atoms with Crippen LogP contribution in [0.4, 0.5) is 0 Å². The van der Waals surface area contributed by atoms with E-state index in [1.165, 1.54) is 4.57 Å². The van der Waals surface area contributed by atoms with E-state index >= 15 is 0 Å². The summed E-state index contributed by atoms with van der Waals surface area (Å²) in [5.74, 6) is -0.304. The Morgan fingerprint density at radius 1 is 1.62 bits per heavy atom. The number of imidazole rings is 1. The van der Waals surface area contributed by atoms with Gasteiger partial charge in [0.15, 0.2) is 0 Å². The van der Waals surface area contributed by atoms with Crippen LogP contribution < -0.4 is 4.74 Å². The Morgan fingerprint density at radius 2 is 2.38 bits per heavy atom. The Morgan fingerprint density at radius 3 is 3.00 bits per heavy atom. The molecule has 0 fully saturated rings. The van der Waals surface area contributed by atoms with Crippen molar-refractivity contribution in [3.63, 3.8) is 0 Å². The summed E-state index contributed by atoms with van der Waals surface area (Å²) in [6, 6.07) is 5.17. The number of ether oxygens (including phenoxy) is 1. The Balaban J connectivity index is 2.57. The zero-order valence-electron chi connectivity index (χ0n) is 8.48. The van der Waals surface area contributed by atoms with E-state index in [1.54, 1.807) is 25.3 Å². The minimum absolute atomic E-state index is 0.158. The normalized spacial score (nSPS) is 10.6. The average Bonchev–Trinajstić information content (AvgIpc) is 2.54. The van der Waals surface area contributed by atoms with Crippen LogP contribution in [0.3, 0.4) is 0 Å². The van der Waals surface area contributed by atoms with Gasteiger partial charge in [0.1, 0.15) is 12.3 Å². The van der Waals surface area contributed by atoms with E-state index < -0.39 is 5.97 Å². The summed E-state index contributed by atoms with van der Waals surface area (Å²) in [7, 11) is 1.55. The molecular weight excluding hydrogens is 232 g/mol. The monoisotopic (exact) mass is 240 g/mol. The minimum atomic E-state index is -0.961. The van der Waals surface area contributed by atoms with Crippen LogP contribution in [0.15, 0.2) is 18.2 Å². The number of benzene rings is 1. The zero-order chi connectivity index (χ0) is 11.7. The third-order valence-corrected chi connectivity index (χ3v) is 2.49. The molecule has 0 saturated heterocycles. The van der Waals surface area contributed by atoms with Crippen molar-refractivity contribution in [2.45, 2.75) is 6.54 Å². The molecule has 84 valence electrons. The van der Waals surface area contributed by atoms with Crippen molar-refractivity contribution < 1.29 is 14.6 Å². The highest BCUT2D eigenvalue weighted by molar-refractivity contribution is 6.29. The molecule has 0 aliphatic heterocycles. The number of rotatable bonds is 3. The average molecular weight is 241 g/mol. The highest BCUT2D eigenvalue weighted by Gasteiger charge is 2.11. The van der Waals surface area contributed by atoms with Crippen LogP contribution >= 0.6 is 11.6 Å². The quantitative estimate of drug-likeness (QED) is 0.888. The van der Waals surface area contributed by atoms with E-state index in [9.17, 15) is 4.79 Å². The number of halogens is 1. The molecule has 0 amide bonds. The maximum Gasteiger partial charge on any atom is 0.323 e. The first-order valence-electron chi connectivity index (χ1n) is 4.53. The summed E-state index contributed by atoms with van der Waals surface area (Å²) < 4.78 is 6.47. The van der Waals surface area contributed by atoms with Gasteiger partial charge in [-0.05, 0) is 23.7 Å². The number of hydrogen-bond donors (Lipinski definition) is 1. The van der Waals surface area contributed by atoms with Gasteiger partial charge in [-0.15, -0.1) is 0 Å². The summed E-state index contributed by atoms with van der Waals surface area (Å²) in [5.41, 5.74) is 1.29. The SMILES string of the molecule is COc1ccc2c(c1)nc(Cl)n2CC(=O)O. The highest BCUT2D eigenvalue weighted by Crippen LogP contribution is 2.23. The van der Waals surface area contributed by atoms with E-state index in [0.717, 1.165) is 0 Å². The van der Waals surface area contributed by atoms with Crippen LogP contribution in [-0.4, -0.2) is 27.7 Å². The van der Waals surface area contributed by atoms with Crippen LogP contribution in [0, 0.1) is 0 Å². The maximum absolute atomic E-state index is 10.7. The number of methoxy groups -OCH3 is 1. The van der Waals surface area contributed by atoms with Crippen molar-refractivity contribution >= 4 is 28.6 Å². The lowest BCUT2D eigenvalue weighted by atomic mass is 10.3. The van der Waals surface area contributed by atoms with E-state index in [0.29, 0.717) is 16.8 Å². The van der Waals surface area contributed by atoms with Gasteiger partial charge in [0, 0.05) is 6.07 Å². The lowest BCUT2D eigenvalue weighted by Crippen LogP contribution is -2.08. The molecule has 1 aromatic carbocycles. The van der Waals surface area contributed by atoms with Crippen molar-refractivity contribution in [1.82, 2.24) is 9.55 Å². The molecule has 0 atom stereocenters. The summed E-state index contributed by atoms with van der Waals surface area (Å²) in [4.78, 5) is 14.7. The first-order valence-corrected chi connectivity index (χ1v) is 4.91. The second kappa shape index (κ2) is 4.02. The van der Waals surface area contributed by atoms with Crippen LogP contribution in [-0.2, 0) is 11.3 Å². The van der Waals surface area contributed by atoms with Crippen LogP contribution in [0.1, 0.15) is 0 Å². The van der Waals surface area contributed by atoms with Crippen LogP contribution in [0.5, 0.6) is 5.75 Å². The van der Waals surface area contributed by atoms with Crippen molar-refractivity contribution in [1.29, 1.82) is 0 Å². The van der Waals surface area contributed by atoms with Crippen molar-refractivity contribution in [3.05, 3.63) is 23.5 Å². The Labute approximate surface area is 96.2 Å². The molecule has 0 spiro atoms. The van der Waals surface area contributed by atoms with E-state index in [2.05, 4.69) is 4.98 Å². The van der Waals surface area contributed by atoms with Crippen molar-refractivity contribution in [3.8, 4) is 5.75 Å². The predicted octanol–water partition coefficient (Wildman–Crippen LogP) is 1.78. The van der Waals surface area contributed by atoms with Gasteiger partial charge in [0.25, 0.3) is 0 Å². The molecule has 0 aliphatic carbocycles. The van der Waals surface area contributed by atoms with Gasteiger partial charge >= 0.3 is 5.97 Å². The van der Waals surface area contributed by atoms with Gasteiger partial charge in [-0.25, -0.2) is 4.98 Å². The number of fused-ring (bicyclic) bond motifs is 1. The number of nitrogens with zero attached hydrogens (tertiary/aromatic N) is 2. The van der Waals surface area contributed by atoms with Gasteiger partial charge in [-0.2, -0.15) is 0 Å². The summed E-state index contributed by atoms with van der Waals surface area (Å²) in [6.45, 7) is -0.207. The first-order chi connectivity index (χ1) is 7.61. The smallest absolute Gasteiger partial charge is 0.323 e. The van der Waals surface area contributed by atoms with E-state index in [4.69, 9.17) is 21.4 Å². The Kier molecular flexibility index (Phi) is 2.70. The topological polar surface area (TPSA) is 64.4 Å². The molecule has 1 N–H and O–H groups in total. The first kappa shape index (κ1) is 10.8. The van der Waals surface area contributed by atoms with Crippen LogP contribution in [0.2, 0.25) is 5.28 Å². The molecule has 0 saturated carbocycles. The van der Waals surface area contributed by atoms with Gasteiger partial charge in [0.05, 0.1) is 18.1 Å². The third kappa shape index (κ3) is 1.81. The fraction of sp³-hybridized carbons (Fsp3) is 0.200. The van der Waals surface area contributed by atoms with Gasteiger partial charge < -0.3 is 14.4 Å². The molecule has 2 aromatic rings. The molecule has 16 heavy (non-hydrogen) atoms. The largest absolute Gasteiger partial charge is 0.497 e. The standard InChI is InChI=1S/C10H9ClN2O3/c1-16-6-2-3-8-7(4-6)12-10(11)13(8)5-9(14)15/h2-4H,5H2,1H3,(H,14,15). The van der Waals surface area contributed by atoms with Crippen LogP contribution in [0.25, 0.3) is 11.0 Å². The van der Waals surface area contributed by atoms with E-state index in [1.807, 2.05) is 0 Å². The maximum atomic E-state index is 10.7. The number of hydrogen-bond acceptors (Lipinski definition) is 3.